The third-order valence-electron chi connectivity index (χ3n) is 4.67. The van der Waals surface area contributed by atoms with Gasteiger partial charge in [0.2, 0.25) is 0 Å². The number of nitrogens with zero attached hydrogens (tertiary/aromatic N) is 2. The van der Waals surface area contributed by atoms with Crippen LogP contribution in [0.1, 0.15) is 18.4 Å². The van der Waals surface area contributed by atoms with Crippen LogP contribution >= 0.6 is 11.6 Å². The van der Waals surface area contributed by atoms with Crippen LogP contribution in [0.4, 0.5) is 4.79 Å². The SMILES string of the molecule is COc1ccc(Cl)cc1CN(C)C(=O)NCCN1CCC(CO)CC1. The molecule has 7 heteroatoms. The average molecular weight is 370 g/mol. The van der Waals surface area contributed by atoms with Crippen LogP contribution < -0.4 is 10.1 Å². The van der Waals surface area contributed by atoms with Gasteiger partial charge < -0.3 is 25.0 Å². The molecule has 140 valence electrons. The third kappa shape index (κ3) is 6.06. The largest absolute Gasteiger partial charge is 0.496 e. The lowest BCUT2D eigenvalue weighted by Crippen LogP contribution is -2.43. The fourth-order valence-electron chi connectivity index (χ4n) is 3.05. The van der Waals surface area contributed by atoms with Crippen molar-refractivity contribution in [2.75, 3.05) is 46.9 Å². The lowest BCUT2D eigenvalue weighted by Gasteiger charge is -2.31. The molecule has 6 nitrogen and oxygen atoms in total. The van der Waals surface area contributed by atoms with Gasteiger partial charge in [0.05, 0.1) is 13.7 Å². The number of piperidine rings is 1. The maximum atomic E-state index is 12.3. The van der Waals surface area contributed by atoms with Crippen LogP contribution in [0.15, 0.2) is 18.2 Å². The number of urea groups is 1. The van der Waals surface area contributed by atoms with Gasteiger partial charge in [0, 0.05) is 37.3 Å². The van der Waals surface area contributed by atoms with E-state index < -0.39 is 0 Å². The highest BCUT2D eigenvalue weighted by molar-refractivity contribution is 6.30. The first-order valence-electron chi connectivity index (χ1n) is 8.68. The van der Waals surface area contributed by atoms with Crippen molar-refractivity contribution in [1.82, 2.24) is 15.1 Å². The molecular weight excluding hydrogens is 342 g/mol. The Morgan fingerprint density at radius 2 is 2.16 bits per heavy atom. The second-order valence-corrected chi connectivity index (χ2v) is 6.95. The fourth-order valence-corrected chi connectivity index (χ4v) is 3.24. The van der Waals surface area contributed by atoms with E-state index in [9.17, 15) is 4.79 Å². The molecule has 1 aromatic rings. The van der Waals surface area contributed by atoms with Crippen molar-refractivity contribution in [2.24, 2.45) is 5.92 Å². The molecule has 1 aliphatic heterocycles. The first kappa shape index (κ1) is 19.8. The molecule has 1 aromatic carbocycles. The minimum absolute atomic E-state index is 0.118. The number of methoxy groups -OCH3 is 1. The Bertz CT molecular complexity index is 562. The summed E-state index contributed by atoms with van der Waals surface area (Å²) in [5.41, 5.74) is 0.874. The maximum absolute atomic E-state index is 12.3. The number of hydrogen-bond donors (Lipinski definition) is 2. The summed E-state index contributed by atoms with van der Waals surface area (Å²) < 4.78 is 5.32. The topological polar surface area (TPSA) is 65.0 Å². The lowest BCUT2D eigenvalue weighted by atomic mass is 9.98. The molecule has 0 saturated carbocycles. The Morgan fingerprint density at radius 1 is 1.44 bits per heavy atom. The minimum Gasteiger partial charge on any atom is -0.496 e. The van der Waals surface area contributed by atoms with Gasteiger partial charge >= 0.3 is 6.03 Å². The van der Waals surface area contributed by atoms with Gasteiger partial charge in [-0.25, -0.2) is 4.79 Å². The summed E-state index contributed by atoms with van der Waals surface area (Å²) in [4.78, 5) is 16.2. The van der Waals surface area contributed by atoms with Gasteiger partial charge in [0.25, 0.3) is 0 Å². The van der Waals surface area contributed by atoms with Crippen LogP contribution in [-0.2, 0) is 6.54 Å². The number of aliphatic hydroxyl groups excluding tert-OH is 1. The molecule has 0 aliphatic carbocycles. The molecule has 1 heterocycles. The lowest BCUT2D eigenvalue weighted by molar-refractivity contribution is 0.132. The van der Waals surface area contributed by atoms with Crippen molar-refractivity contribution >= 4 is 17.6 Å². The van der Waals surface area contributed by atoms with Crippen LogP contribution in [0.25, 0.3) is 0 Å². The van der Waals surface area contributed by atoms with Crippen molar-refractivity contribution in [3.63, 3.8) is 0 Å². The zero-order chi connectivity index (χ0) is 18.2. The Labute approximate surface area is 154 Å². The standard InChI is InChI=1S/C18H28ClN3O3/c1-21(12-15-11-16(19)3-4-17(15)25-2)18(24)20-7-10-22-8-5-14(13-23)6-9-22/h3-4,11,14,23H,5-10,12-13H2,1-2H3,(H,20,24). The summed E-state index contributed by atoms with van der Waals surface area (Å²) in [6, 6.07) is 5.27. The zero-order valence-corrected chi connectivity index (χ0v) is 15.8. The second-order valence-electron chi connectivity index (χ2n) is 6.51. The van der Waals surface area contributed by atoms with Crippen molar-refractivity contribution in [3.8, 4) is 5.75 Å². The number of rotatable bonds is 7. The molecular formula is C18H28ClN3O3. The monoisotopic (exact) mass is 369 g/mol. The Balaban J connectivity index is 1.74. The number of carbonyl (C=O) groups is 1. The molecule has 2 N–H and O–H groups in total. The van der Waals surface area contributed by atoms with Gasteiger partial charge in [0.1, 0.15) is 5.75 Å². The van der Waals surface area contributed by atoms with Crippen LogP contribution in [0, 0.1) is 5.92 Å². The number of hydrogen-bond acceptors (Lipinski definition) is 4. The van der Waals surface area contributed by atoms with E-state index in [-0.39, 0.29) is 12.6 Å². The number of likely N-dealkylation sites (tertiary alicyclic amines) is 1. The smallest absolute Gasteiger partial charge is 0.317 e. The van der Waals surface area contributed by atoms with Crippen LogP contribution in [0.5, 0.6) is 5.75 Å². The maximum Gasteiger partial charge on any atom is 0.317 e. The van der Waals surface area contributed by atoms with E-state index in [0.29, 0.717) is 24.0 Å². The normalized spacial score (nSPS) is 15.8. The summed E-state index contributed by atoms with van der Waals surface area (Å²) in [6.07, 6.45) is 2.05. The number of carbonyl (C=O) groups excluding carboxylic acids is 1. The quantitative estimate of drug-likeness (QED) is 0.773. The van der Waals surface area contributed by atoms with E-state index in [1.807, 2.05) is 6.07 Å². The summed E-state index contributed by atoms with van der Waals surface area (Å²) in [6.45, 7) is 4.12. The van der Waals surface area contributed by atoms with Gasteiger partial charge in [0.15, 0.2) is 0 Å². The molecule has 25 heavy (non-hydrogen) atoms. The molecule has 0 aromatic heterocycles. The number of aliphatic hydroxyl groups is 1. The summed E-state index contributed by atoms with van der Waals surface area (Å²) in [7, 11) is 3.36. The van der Waals surface area contributed by atoms with Gasteiger partial charge in [-0.1, -0.05) is 11.6 Å². The van der Waals surface area contributed by atoms with Crippen molar-refractivity contribution in [2.45, 2.75) is 19.4 Å². The van der Waals surface area contributed by atoms with Crippen LogP contribution in [0.2, 0.25) is 5.02 Å². The number of amides is 2. The molecule has 0 bridgehead atoms. The molecule has 0 radical (unpaired) electrons. The van der Waals surface area contributed by atoms with Gasteiger partial charge in [-0.05, 0) is 50.0 Å². The summed E-state index contributed by atoms with van der Waals surface area (Å²) >= 11 is 6.03. The van der Waals surface area contributed by atoms with Crippen molar-refractivity contribution < 1.29 is 14.6 Å². The molecule has 2 amide bonds. The number of nitrogens with one attached hydrogen (secondary N) is 1. The number of ether oxygens (including phenoxy) is 1. The van der Waals surface area contributed by atoms with Gasteiger partial charge in [-0.3, -0.25) is 0 Å². The summed E-state index contributed by atoms with van der Waals surface area (Å²) in [5.74, 6) is 1.15. The minimum atomic E-state index is -0.118. The first-order chi connectivity index (χ1) is 12.0. The average Bonchev–Trinajstić information content (AvgIpc) is 2.62. The van der Waals surface area contributed by atoms with Crippen LogP contribution in [0.3, 0.4) is 0 Å². The summed E-state index contributed by atoms with van der Waals surface area (Å²) in [5, 5.41) is 12.7. The third-order valence-corrected chi connectivity index (χ3v) is 4.90. The Morgan fingerprint density at radius 3 is 2.80 bits per heavy atom. The van der Waals surface area contributed by atoms with E-state index in [2.05, 4.69) is 10.2 Å². The second kappa shape index (κ2) is 9.85. The molecule has 0 spiro atoms. The molecule has 1 fully saturated rings. The number of halogens is 1. The highest BCUT2D eigenvalue weighted by atomic mass is 35.5. The number of benzene rings is 1. The first-order valence-corrected chi connectivity index (χ1v) is 9.06. The van der Waals surface area contributed by atoms with Gasteiger partial charge in [-0.2, -0.15) is 0 Å². The predicted octanol–water partition coefficient (Wildman–Crippen LogP) is 2.19. The zero-order valence-electron chi connectivity index (χ0n) is 15.0. The van der Waals surface area contributed by atoms with E-state index in [4.69, 9.17) is 21.4 Å². The highest BCUT2D eigenvalue weighted by Crippen LogP contribution is 2.23. The molecule has 1 aliphatic rings. The van der Waals surface area contributed by atoms with Gasteiger partial charge in [-0.15, -0.1) is 0 Å². The fraction of sp³-hybridized carbons (Fsp3) is 0.611. The van der Waals surface area contributed by atoms with E-state index in [1.54, 1.807) is 31.2 Å². The van der Waals surface area contributed by atoms with E-state index >= 15 is 0 Å². The predicted molar refractivity (Wildman–Crippen MR) is 99.1 cm³/mol. The van der Waals surface area contributed by atoms with E-state index in [0.717, 1.165) is 43.8 Å². The Kier molecular flexibility index (Phi) is 7.81. The molecule has 2 rings (SSSR count). The molecule has 0 atom stereocenters. The van der Waals surface area contributed by atoms with Crippen molar-refractivity contribution in [3.05, 3.63) is 28.8 Å². The van der Waals surface area contributed by atoms with Crippen LogP contribution in [-0.4, -0.2) is 67.9 Å². The highest BCUT2D eigenvalue weighted by Gasteiger charge is 2.18. The molecule has 1 saturated heterocycles. The Hall–Kier alpha value is -1.50. The van der Waals surface area contributed by atoms with E-state index in [1.165, 1.54) is 0 Å². The van der Waals surface area contributed by atoms with Crippen molar-refractivity contribution in [1.29, 1.82) is 0 Å². The molecule has 0 unspecified atom stereocenters.